The molecule has 0 aliphatic rings. The Morgan fingerprint density at radius 3 is 2.33 bits per heavy atom. The fourth-order valence-electron chi connectivity index (χ4n) is 1.28. The minimum Gasteiger partial charge on any atom is -0.372 e. The Hall–Kier alpha value is -1.32. The molecule has 2 N–H and O–H groups in total. The molecule has 1 heterocycles. The Kier molecular flexibility index (Phi) is 3.88. The lowest BCUT2D eigenvalue weighted by Crippen LogP contribution is -2.33. The van der Waals surface area contributed by atoms with E-state index in [1.807, 2.05) is 7.05 Å². The molecule has 0 spiro atoms. The number of hydrogen-bond donors (Lipinski definition) is 2. The van der Waals surface area contributed by atoms with E-state index in [-0.39, 0.29) is 5.54 Å². The summed E-state index contributed by atoms with van der Waals surface area (Å²) in [5.41, 5.74) is 0.0983. The van der Waals surface area contributed by atoms with Gasteiger partial charge in [0.05, 0.1) is 12.4 Å². The van der Waals surface area contributed by atoms with Gasteiger partial charge in [0.2, 0.25) is 0 Å². The molecule has 0 aromatic carbocycles. The molecule has 0 aliphatic carbocycles. The van der Waals surface area contributed by atoms with Gasteiger partial charge in [0.15, 0.2) is 0 Å². The van der Waals surface area contributed by atoms with E-state index in [0.29, 0.717) is 0 Å². The third-order valence-corrected chi connectivity index (χ3v) is 2.88. The van der Waals surface area contributed by atoms with E-state index in [1.165, 1.54) is 0 Å². The smallest absolute Gasteiger partial charge is 0.147 e. The quantitative estimate of drug-likeness (QED) is 0.780. The summed E-state index contributed by atoms with van der Waals surface area (Å²) in [5, 5.41) is 6.39. The fourth-order valence-corrected chi connectivity index (χ4v) is 1.28. The maximum Gasteiger partial charge on any atom is 0.147 e. The van der Waals surface area contributed by atoms with E-state index in [0.717, 1.165) is 24.5 Å². The van der Waals surface area contributed by atoms with Crippen LogP contribution in [0.5, 0.6) is 0 Å². The zero-order valence-electron chi connectivity index (χ0n) is 9.96. The van der Waals surface area contributed by atoms with Crippen LogP contribution < -0.4 is 10.6 Å². The van der Waals surface area contributed by atoms with Gasteiger partial charge in [-0.15, -0.1) is 0 Å². The molecule has 84 valence electrons. The van der Waals surface area contributed by atoms with E-state index < -0.39 is 0 Å². The molecule has 0 bridgehead atoms. The van der Waals surface area contributed by atoms with Crippen molar-refractivity contribution < 1.29 is 0 Å². The monoisotopic (exact) mass is 208 g/mol. The third kappa shape index (κ3) is 3.08. The predicted octanol–water partition coefficient (Wildman–Crippen LogP) is 2.51. The maximum absolute atomic E-state index is 4.39. The molecular formula is C11H20N4. The van der Waals surface area contributed by atoms with Crippen molar-refractivity contribution >= 4 is 11.6 Å². The first-order chi connectivity index (χ1) is 7.13. The van der Waals surface area contributed by atoms with Crippen LogP contribution in [0.4, 0.5) is 11.6 Å². The van der Waals surface area contributed by atoms with Gasteiger partial charge in [0.1, 0.15) is 11.6 Å². The summed E-state index contributed by atoms with van der Waals surface area (Å²) < 4.78 is 0. The molecule has 15 heavy (non-hydrogen) atoms. The number of aromatic nitrogens is 2. The predicted molar refractivity (Wildman–Crippen MR) is 64.2 cm³/mol. The van der Waals surface area contributed by atoms with E-state index in [1.54, 1.807) is 12.4 Å². The Morgan fingerprint density at radius 2 is 1.80 bits per heavy atom. The average Bonchev–Trinajstić information content (AvgIpc) is 2.29. The molecule has 1 aromatic rings. The standard InChI is InChI=1S/C11H20N4/c1-5-11(3,6-2)15-10-8-13-7-9(12-4)14-10/h7-8H,5-6H2,1-4H3,(H2,12,14,15). The minimum atomic E-state index is 0.0983. The molecule has 0 aliphatic heterocycles. The van der Waals surface area contributed by atoms with E-state index in [2.05, 4.69) is 41.4 Å². The second-order valence-electron chi connectivity index (χ2n) is 3.93. The van der Waals surface area contributed by atoms with Crippen LogP contribution in [-0.4, -0.2) is 22.6 Å². The zero-order chi connectivity index (χ0) is 11.3. The van der Waals surface area contributed by atoms with Gasteiger partial charge < -0.3 is 10.6 Å². The van der Waals surface area contributed by atoms with Crippen molar-refractivity contribution in [3.8, 4) is 0 Å². The number of nitrogens with zero attached hydrogens (tertiary/aromatic N) is 2. The number of nitrogens with one attached hydrogen (secondary N) is 2. The Bertz CT molecular complexity index is 307. The molecule has 0 radical (unpaired) electrons. The first-order valence-electron chi connectivity index (χ1n) is 5.41. The highest BCUT2D eigenvalue weighted by atomic mass is 15.1. The molecule has 0 amide bonds. The molecule has 1 rings (SSSR count). The highest BCUT2D eigenvalue weighted by Crippen LogP contribution is 2.20. The molecule has 0 saturated carbocycles. The summed E-state index contributed by atoms with van der Waals surface area (Å²) in [7, 11) is 1.84. The molecule has 0 saturated heterocycles. The van der Waals surface area contributed by atoms with E-state index in [4.69, 9.17) is 0 Å². The topological polar surface area (TPSA) is 49.8 Å². The highest BCUT2D eigenvalue weighted by molar-refractivity contribution is 5.42. The van der Waals surface area contributed by atoms with Crippen molar-refractivity contribution in [3.63, 3.8) is 0 Å². The Labute approximate surface area is 91.5 Å². The first kappa shape index (κ1) is 11.8. The highest BCUT2D eigenvalue weighted by Gasteiger charge is 2.19. The van der Waals surface area contributed by atoms with Crippen LogP contribution in [0.2, 0.25) is 0 Å². The summed E-state index contributed by atoms with van der Waals surface area (Å²) >= 11 is 0. The van der Waals surface area contributed by atoms with Crippen molar-refractivity contribution in [2.75, 3.05) is 17.7 Å². The second kappa shape index (κ2) is 4.96. The van der Waals surface area contributed by atoms with Crippen LogP contribution in [0.1, 0.15) is 33.6 Å². The normalized spacial score (nSPS) is 11.2. The van der Waals surface area contributed by atoms with Crippen molar-refractivity contribution in [1.29, 1.82) is 0 Å². The maximum atomic E-state index is 4.39. The van der Waals surface area contributed by atoms with Gasteiger partial charge >= 0.3 is 0 Å². The van der Waals surface area contributed by atoms with Crippen LogP contribution >= 0.6 is 0 Å². The Morgan fingerprint density at radius 1 is 1.20 bits per heavy atom. The number of rotatable bonds is 5. The summed E-state index contributed by atoms with van der Waals surface area (Å²) in [5.74, 6) is 1.61. The van der Waals surface area contributed by atoms with Crippen LogP contribution in [0.15, 0.2) is 12.4 Å². The SMILES string of the molecule is CCC(C)(CC)Nc1cncc(NC)n1. The molecule has 4 nitrogen and oxygen atoms in total. The molecule has 0 unspecified atom stereocenters. The number of anilines is 2. The van der Waals surface area contributed by atoms with Gasteiger partial charge in [0, 0.05) is 12.6 Å². The fraction of sp³-hybridized carbons (Fsp3) is 0.636. The third-order valence-electron chi connectivity index (χ3n) is 2.88. The largest absolute Gasteiger partial charge is 0.372 e. The molecule has 0 atom stereocenters. The lowest BCUT2D eigenvalue weighted by molar-refractivity contribution is 0.476. The minimum absolute atomic E-state index is 0.0983. The van der Waals surface area contributed by atoms with Crippen LogP contribution in [0.3, 0.4) is 0 Å². The summed E-state index contributed by atoms with van der Waals surface area (Å²) in [6.45, 7) is 6.54. The van der Waals surface area contributed by atoms with E-state index in [9.17, 15) is 0 Å². The second-order valence-corrected chi connectivity index (χ2v) is 3.93. The molecule has 4 heteroatoms. The van der Waals surface area contributed by atoms with Gasteiger partial charge in [-0.3, -0.25) is 4.98 Å². The van der Waals surface area contributed by atoms with Gasteiger partial charge in [-0.2, -0.15) is 0 Å². The van der Waals surface area contributed by atoms with Crippen molar-refractivity contribution in [1.82, 2.24) is 9.97 Å². The lowest BCUT2D eigenvalue weighted by atomic mass is 9.96. The van der Waals surface area contributed by atoms with Crippen LogP contribution in [-0.2, 0) is 0 Å². The molecule has 0 fully saturated rings. The van der Waals surface area contributed by atoms with Gasteiger partial charge in [-0.25, -0.2) is 4.98 Å². The van der Waals surface area contributed by atoms with Crippen molar-refractivity contribution in [2.45, 2.75) is 39.2 Å². The first-order valence-corrected chi connectivity index (χ1v) is 5.41. The summed E-state index contributed by atoms with van der Waals surface area (Å²) in [6.07, 6.45) is 5.59. The van der Waals surface area contributed by atoms with Crippen LogP contribution in [0, 0.1) is 0 Å². The van der Waals surface area contributed by atoms with Gasteiger partial charge in [0.25, 0.3) is 0 Å². The van der Waals surface area contributed by atoms with E-state index >= 15 is 0 Å². The number of hydrogen-bond acceptors (Lipinski definition) is 4. The zero-order valence-corrected chi connectivity index (χ0v) is 9.96. The van der Waals surface area contributed by atoms with Crippen molar-refractivity contribution in [2.24, 2.45) is 0 Å². The van der Waals surface area contributed by atoms with Crippen LogP contribution in [0.25, 0.3) is 0 Å². The van der Waals surface area contributed by atoms with Gasteiger partial charge in [-0.05, 0) is 19.8 Å². The lowest BCUT2D eigenvalue weighted by Gasteiger charge is -2.28. The molecular weight excluding hydrogens is 188 g/mol. The van der Waals surface area contributed by atoms with Gasteiger partial charge in [-0.1, -0.05) is 13.8 Å². The Balaban J connectivity index is 2.79. The average molecular weight is 208 g/mol. The summed E-state index contributed by atoms with van der Waals surface area (Å²) in [6, 6.07) is 0. The van der Waals surface area contributed by atoms with Crippen molar-refractivity contribution in [3.05, 3.63) is 12.4 Å². The summed E-state index contributed by atoms with van der Waals surface area (Å²) in [4.78, 5) is 8.51. The molecule has 1 aromatic heterocycles.